The third kappa shape index (κ3) is 7.70. The zero-order chi connectivity index (χ0) is 25.4. The predicted octanol–water partition coefficient (Wildman–Crippen LogP) is 3.16. The molecule has 192 valence electrons. The van der Waals surface area contributed by atoms with Crippen molar-refractivity contribution in [2.24, 2.45) is 11.8 Å². The fourth-order valence-corrected chi connectivity index (χ4v) is 4.72. The zero-order valence-electron chi connectivity index (χ0n) is 20.6. The number of ether oxygens (including phenoxy) is 3. The van der Waals surface area contributed by atoms with Crippen LogP contribution in [0, 0.1) is 11.8 Å². The molecule has 11 heteroatoms. The highest BCUT2D eigenvalue weighted by Crippen LogP contribution is 2.34. The molecule has 2 aromatic rings. The summed E-state index contributed by atoms with van der Waals surface area (Å²) in [5.41, 5.74) is 1.84. The number of thiol groups is 1. The predicted molar refractivity (Wildman–Crippen MR) is 135 cm³/mol. The lowest BCUT2D eigenvalue weighted by Crippen LogP contribution is -2.57. The van der Waals surface area contributed by atoms with Crippen molar-refractivity contribution in [1.82, 2.24) is 15.0 Å². The molecule has 1 aliphatic heterocycles. The Labute approximate surface area is 216 Å². The second kappa shape index (κ2) is 13.3. The van der Waals surface area contributed by atoms with E-state index in [2.05, 4.69) is 46.9 Å². The molecule has 1 fully saturated rings. The van der Waals surface area contributed by atoms with E-state index in [9.17, 15) is 9.59 Å². The molecule has 1 aromatic carbocycles. The molecule has 1 aliphatic rings. The maximum Gasteiger partial charge on any atom is 0.303 e. The molecule has 0 radical (unpaired) electrons. The van der Waals surface area contributed by atoms with Crippen LogP contribution in [0.4, 0.5) is 0 Å². The largest absolute Gasteiger partial charge is 0.459 e. The third-order valence-corrected chi connectivity index (χ3v) is 7.25. The van der Waals surface area contributed by atoms with Crippen LogP contribution in [0.25, 0.3) is 11.3 Å². The summed E-state index contributed by atoms with van der Waals surface area (Å²) in [6.07, 6.45) is 4.53. The number of carbonyl (C=O) groups excluding carboxylic acids is 2. The van der Waals surface area contributed by atoms with Crippen LogP contribution in [0.1, 0.15) is 40.0 Å². The molecule has 3 rings (SSSR count). The Morgan fingerprint density at radius 2 is 2.09 bits per heavy atom. The standard InChI is InChI=1S/C24H34N4O5S2/c1-15-16(2)24(31-11-6-5-10-22(30)26-34)33-21(23(15)32-17(3)29)14-28-13-20(25-27-28)18-8-7-9-19(12-18)35-4/h7-9,12-13,15-16,21,23-24H,5-6,10-11,14H2,1-4H3,(H2,25,26,27,30,34)/p+1/t15-,16?,21?,23-,24?/m1/s1. The quantitative estimate of drug-likeness (QED) is 0.137. The normalized spacial score (nSPS) is 24.2. The average Bonchev–Trinajstić information content (AvgIpc) is 3.32. The molecular weight excluding hydrogens is 488 g/mol. The molecule has 1 saturated heterocycles. The fraction of sp³-hybridized carbons (Fsp3) is 0.583. The number of H-pyrrole nitrogens is 1. The number of amides is 1. The highest BCUT2D eigenvalue weighted by Gasteiger charge is 2.45. The van der Waals surface area contributed by atoms with Gasteiger partial charge in [-0.2, -0.15) is 4.68 Å². The van der Waals surface area contributed by atoms with Crippen molar-refractivity contribution in [3.63, 3.8) is 0 Å². The summed E-state index contributed by atoms with van der Waals surface area (Å²) in [6.45, 7) is 6.40. The van der Waals surface area contributed by atoms with Crippen molar-refractivity contribution >= 4 is 36.5 Å². The van der Waals surface area contributed by atoms with Gasteiger partial charge in [0.2, 0.25) is 11.6 Å². The minimum atomic E-state index is -0.443. The van der Waals surface area contributed by atoms with Gasteiger partial charge < -0.3 is 18.9 Å². The SMILES string of the molecule is CSc1cccc(-c2c[n+](CC3OC(OCCCCC(=O)NS)C(C)[C@@H](C)[C@H]3OC(C)=O)[nH]n2)c1. The molecule has 0 spiro atoms. The van der Waals surface area contributed by atoms with E-state index in [1.54, 1.807) is 11.8 Å². The monoisotopic (exact) mass is 523 g/mol. The van der Waals surface area contributed by atoms with Crippen molar-refractivity contribution < 1.29 is 28.5 Å². The lowest BCUT2D eigenvalue weighted by molar-refractivity contribution is -0.761. The van der Waals surface area contributed by atoms with E-state index in [1.807, 2.05) is 36.2 Å². The van der Waals surface area contributed by atoms with E-state index in [0.29, 0.717) is 26.0 Å². The minimum absolute atomic E-state index is 0.0213. The highest BCUT2D eigenvalue weighted by molar-refractivity contribution is 7.98. The first kappa shape index (κ1) is 27.5. The number of nitrogens with zero attached hydrogens (tertiary/aromatic N) is 2. The Balaban J connectivity index is 1.68. The van der Waals surface area contributed by atoms with Gasteiger partial charge in [0.05, 0.1) is 0 Å². The average molecular weight is 524 g/mol. The van der Waals surface area contributed by atoms with Crippen LogP contribution in [0.5, 0.6) is 0 Å². The topological polar surface area (TPSA) is 106 Å². The second-order valence-electron chi connectivity index (χ2n) is 8.81. The van der Waals surface area contributed by atoms with Crippen LogP contribution in [-0.2, 0) is 30.3 Å². The molecule has 35 heavy (non-hydrogen) atoms. The van der Waals surface area contributed by atoms with Crippen molar-refractivity contribution in [2.75, 3.05) is 12.9 Å². The Morgan fingerprint density at radius 3 is 2.80 bits per heavy atom. The van der Waals surface area contributed by atoms with Gasteiger partial charge in [-0.25, -0.2) is 0 Å². The van der Waals surface area contributed by atoms with E-state index in [1.165, 1.54) is 6.92 Å². The van der Waals surface area contributed by atoms with Gasteiger partial charge in [0.25, 0.3) is 0 Å². The summed E-state index contributed by atoms with van der Waals surface area (Å²) < 4.78 is 22.2. The van der Waals surface area contributed by atoms with E-state index in [-0.39, 0.29) is 23.7 Å². The van der Waals surface area contributed by atoms with Crippen LogP contribution < -0.4 is 9.40 Å². The summed E-state index contributed by atoms with van der Waals surface area (Å²) >= 11 is 5.44. The molecule has 3 unspecified atom stereocenters. The van der Waals surface area contributed by atoms with Crippen LogP contribution in [0.3, 0.4) is 0 Å². The Morgan fingerprint density at radius 1 is 1.29 bits per heavy atom. The van der Waals surface area contributed by atoms with Crippen LogP contribution in [0.15, 0.2) is 35.4 Å². The second-order valence-corrected chi connectivity index (χ2v) is 9.91. The number of nitrogens with one attached hydrogen (secondary N) is 2. The molecule has 9 nitrogen and oxygen atoms in total. The Bertz CT molecular complexity index is 988. The lowest BCUT2D eigenvalue weighted by Gasteiger charge is -2.43. The van der Waals surface area contributed by atoms with Gasteiger partial charge >= 0.3 is 5.97 Å². The molecule has 1 aromatic heterocycles. The number of rotatable bonds is 11. The highest BCUT2D eigenvalue weighted by atomic mass is 32.2. The molecule has 0 saturated carbocycles. The summed E-state index contributed by atoms with van der Waals surface area (Å²) in [7, 11) is 0. The first-order chi connectivity index (χ1) is 16.8. The third-order valence-electron chi connectivity index (χ3n) is 6.28. The maximum atomic E-state index is 11.8. The molecule has 0 bridgehead atoms. The number of aromatic amines is 1. The lowest BCUT2D eigenvalue weighted by atomic mass is 9.84. The van der Waals surface area contributed by atoms with Gasteiger partial charge in [-0.1, -0.05) is 44.0 Å². The number of thioether (sulfide) groups is 1. The summed E-state index contributed by atoms with van der Waals surface area (Å²) in [5.74, 6) is -0.398. The Kier molecular flexibility index (Phi) is 10.4. The molecule has 1 amide bonds. The first-order valence-electron chi connectivity index (χ1n) is 11.8. The van der Waals surface area contributed by atoms with E-state index < -0.39 is 18.5 Å². The zero-order valence-corrected chi connectivity index (χ0v) is 22.3. The first-order valence-corrected chi connectivity index (χ1v) is 13.5. The van der Waals surface area contributed by atoms with Gasteiger partial charge in [-0.3, -0.25) is 9.59 Å². The smallest absolute Gasteiger partial charge is 0.303 e. The fourth-order valence-electron chi connectivity index (χ4n) is 4.15. The van der Waals surface area contributed by atoms with E-state index in [4.69, 9.17) is 14.2 Å². The number of unbranched alkanes of at least 4 members (excludes halogenated alkanes) is 1. The van der Waals surface area contributed by atoms with Gasteiger partial charge in [0, 0.05) is 47.3 Å². The van der Waals surface area contributed by atoms with Crippen molar-refractivity contribution in [3.8, 4) is 11.3 Å². The van der Waals surface area contributed by atoms with Gasteiger partial charge in [-0.15, -0.1) is 11.8 Å². The Hall–Kier alpha value is -2.08. The molecule has 2 heterocycles. The minimum Gasteiger partial charge on any atom is -0.459 e. The van der Waals surface area contributed by atoms with Crippen molar-refractivity contribution in [1.29, 1.82) is 0 Å². The number of benzene rings is 1. The number of hydrogen-bond donors (Lipinski definition) is 3. The summed E-state index contributed by atoms with van der Waals surface area (Å²) in [4.78, 5) is 24.3. The van der Waals surface area contributed by atoms with Crippen LogP contribution >= 0.6 is 24.6 Å². The summed E-state index contributed by atoms with van der Waals surface area (Å²) in [5, 5.41) is 7.49. The van der Waals surface area contributed by atoms with Crippen molar-refractivity contribution in [2.45, 2.75) is 70.0 Å². The van der Waals surface area contributed by atoms with Gasteiger partial charge in [-0.05, 0) is 31.2 Å². The summed E-state index contributed by atoms with van der Waals surface area (Å²) in [6, 6.07) is 8.19. The molecule has 0 aliphatic carbocycles. The van der Waals surface area contributed by atoms with E-state index >= 15 is 0 Å². The number of hydrogen-bond acceptors (Lipinski definition) is 8. The number of carbonyl (C=O) groups is 2. The molecular formula is C24H35N4O5S2+. The van der Waals surface area contributed by atoms with Gasteiger partial charge in [0.15, 0.2) is 12.5 Å². The number of esters is 1. The van der Waals surface area contributed by atoms with Crippen LogP contribution in [0.2, 0.25) is 0 Å². The van der Waals surface area contributed by atoms with Gasteiger partial charge in [0.1, 0.15) is 18.8 Å². The van der Waals surface area contributed by atoms with E-state index in [0.717, 1.165) is 22.6 Å². The van der Waals surface area contributed by atoms with Crippen LogP contribution in [-0.4, -0.2) is 53.5 Å². The number of aromatic nitrogens is 3. The maximum absolute atomic E-state index is 11.8. The molecule has 5 atom stereocenters. The molecule has 2 N–H and O–H groups in total. The van der Waals surface area contributed by atoms with Crippen molar-refractivity contribution in [3.05, 3.63) is 30.5 Å².